The third-order valence-corrected chi connectivity index (χ3v) is 17.0. The number of nitrogens with zero attached hydrogens (tertiary/aromatic N) is 2. The molecule has 2 aromatic heterocycles. The maximum atomic E-state index is 13.2. The van der Waals surface area contributed by atoms with Crippen LogP contribution in [-0.2, 0) is 38.4 Å². The molecule has 572 valence electrons. The lowest BCUT2D eigenvalue weighted by atomic mass is 9.97. The molecule has 8 aromatic rings. The van der Waals surface area contributed by atoms with E-state index in [2.05, 4.69) is 132 Å². The lowest BCUT2D eigenvalue weighted by Gasteiger charge is -2.08. The lowest BCUT2D eigenvalue weighted by molar-refractivity contribution is -0.137. The van der Waals surface area contributed by atoms with Crippen LogP contribution in [0.3, 0.4) is 0 Å². The van der Waals surface area contributed by atoms with Crippen molar-refractivity contribution in [1.82, 2.24) is 10.3 Å². The third kappa shape index (κ3) is 33.9. The van der Waals surface area contributed by atoms with Crippen LogP contribution in [0.5, 0.6) is 23.0 Å². The summed E-state index contributed by atoms with van der Waals surface area (Å²) in [4.78, 5) is 48.8. The number of ether oxygens (including phenoxy) is 4. The van der Waals surface area contributed by atoms with E-state index >= 15 is 0 Å². The van der Waals surface area contributed by atoms with E-state index < -0.39 is 5.97 Å². The third-order valence-electron chi connectivity index (χ3n) is 17.0. The van der Waals surface area contributed by atoms with Gasteiger partial charge in [-0.2, -0.15) is 0 Å². The predicted octanol–water partition coefficient (Wildman–Crippen LogP) is 23.1. The van der Waals surface area contributed by atoms with E-state index in [1.165, 1.54) is 51.4 Å². The number of amides is 2. The van der Waals surface area contributed by atoms with Crippen LogP contribution in [0.1, 0.15) is 167 Å². The van der Waals surface area contributed by atoms with Gasteiger partial charge in [0.2, 0.25) is 11.8 Å². The number of rotatable bonds is 44. The zero-order valence-electron chi connectivity index (χ0n) is 63.4. The molecule has 0 bridgehead atoms. The fraction of sp³-hybridized carbons (Fsp3) is 0.326. The van der Waals surface area contributed by atoms with Crippen LogP contribution in [0.25, 0.3) is 44.8 Å². The molecule has 0 saturated carbocycles. The molecule has 2 amide bonds. The quantitative estimate of drug-likeness (QED) is 0.0158. The summed E-state index contributed by atoms with van der Waals surface area (Å²) < 4.78 is 32.6. The Morgan fingerprint density at radius 2 is 0.694 bits per heavy atom. The van der Waals surface area contributed by atoms with Gasteiger partial charge in [-0.1, -0.05) is 191 Å². The second kappa shape index (κ2) is 52.7. The summed E-state index contributed by atoms with van der Waals surface area (Å²) in [6.07, 6.45) is 55.6. The Morgan fingerprint density at radius 3 is 1.02 bits per heavy atom. The molecule has 0 aliphatic rings. The molecule has 0 unspecified atom stereocenters. The van der Waals surface area contributed by atoms with Gasteiger partial charge in [0.25, 0.3) is 0 Å². The van der Waals surface area contributed by atoms with E-state index in [9.17, 15) is 19.2 Å². The smallest absolute Gasteiger partial charge is 0.303 e. The van der Waals surface area contributed by atoms with E-state index in [1.54, 1.807) is 52.7 Å². The second-order valence-corrected chi connectivity index (χ2v) is 25.4. The molecule has 108 heavy (non-hydrogen) atoms. The molecule has 0 radical (unpaired) electrons. The van der Waals surface area contributed by atoms with Crippen molar-refractivity contribution in [3.63, 3.8) is 0 Å². The minimum Gasteiger partial charge on any atom is -0.497 e. The zero-order chi connectivity index (χ0) is 76.3. The number of methoxy groups -OCH3 is 4. The Kier molecular flexibility index (Phi) is 42.6. The zero-order valence-corrected chi connectivity index (χ0v) is 63.4. The summed E-state index contributed by atoms with van der Waals surface area (Å²) in [6, 6.07) is 44.6. The molecule has 5 N–H and O–H groups in total. The van der Waals surface area contributed by atoms with Crippen LogP contribution < -0.4 is 35.3 Å². The van der Waals surface area contributed by atoms with Crippen molar-refractivity contribution in [2.45, 2.75) is 169 Å². The number of carboxylic acids is 1. The van der Waals surface area contributed by atoms with E-state index in [-0.39, 0.29) is 44.3 Å². The van der Waals surface area contributed by atoms with Crippen LogP contribution in [-0.4, -0.2) is 67.4 Å². The molecule has 0 atom stereocenters. The maximum absolute atomic E-state index is 13.2. The molecule has 0 fully saturated rings. The van der Waals surface area contributed by atoms with Gasteiger partial charge in [0.05, 0.1) is 52.4 Å². The topological polar surface area (TPSA) is 228 Å². The first kappa shape index (κ1) is 87.4. The molecular formula is C92H113N5O11. The van der Waals surface area contributed by atoms with Crippen molar-refractivity contribution in [3.8, 4) is 67.8 Å². The Labute approximate surface area is 641 Å². The number of nitrogens with two attached hydrogens (primary N) is 1. The highest BCUT2D eigenvalue weighted by molar-refractivity contribution is 5.96. The van der Waals surface area contributed by atoms with Crippen molar-refractivity contribution in [2.24, 2.45) is 0 Å². The first-order valence-electron chi connectivity index (χ1n) is 37.4. The molecule has 16 nitrogen and oxygen atoms in total. The van der Waals surface area contributed by atoms with E-state index in [0.717, 1.165) is 126 Å². The van der Waals surface area contributed by atoms with Gasteiger partial charge in [-0.05, 0) is 216 Å². The number of Topliss-reactive ketones (excluding diaryl/α,β-unsaturated/α-hetero) is 1. The van der Waals surface area contributed by atoms with Crippen LogP contribution in [0.2, 0.25) is 0 Å². The average molecular weight is 1460 g/mol. The number of nitrogen functional groups attached to an aromatic ring is 1. The van der Waals surface area contributed by atoms with Crippen LogP contribution in [0.15, 0.2) is 252 Å². The number of aliphatic carboxylic acids is 1. The van der Waals surface area contributed by atoms with Gasteiger partial charge in [-0.15, -0.1) is 0 Å². The molecule has 0 spiro atoms. The van der Waals surface area contributed by atoms with E-state index in [1.807, 2.05) is 121 Å². The van der Waals surface area contributed by atoms with Gasteiger partial charge in [-0.3, -0.25) is 19.2 Å². The Hall–Kier alpha value is -11.3. The van der Waals surface area contributed by atoms with Crippen LogP contribution in [0.4, 0.5) is 17.1 Å². The normalized spacial score (nSPS) is 11.4. The number of anilines is 3. The number of carboxylic acid groups (broad SMARTS) is 1. The van der Waals surface area contributed by atoms with Gasteiger partial charge in [-0.25, -0.2) is 0 Å². The molecule has 2 heterocycles. The Morgan fingerprint density at radius 1 is 0.389 bits per heavy atom. The highest BCUT2D eigenvalue weighted by atomic mass is 16.5. The van der Waals surface area contributed by atoms with E-state index in [0.29, 0.717) is 52.8 Å². The number of benzene rings is 6. The molecule has 0 aliphatic carbocycles. The van der Waals surface area contributed by atoms with Gasteiger partial charge >= 0.3 is 5.97 Å². The molecule has 8 rings (SSSR count). The molecular weight excluding hydrogens is 1350 g/mol. The number of hydrogen-bond donors (Lipinski definition) is 4. The first-order valence-corrected chi connectivity index (χ1v) is 37.4. The predicted molar refractivity (Wildman–Crippen MR) is 443 cm³/mol. The number of allylic oxidation sites excluding steroid dienone is 16. The molecule has 6 aromatic carbocycles. The summed E-state index contributed by atoms with van der Waals surface area (Å²) >= 11 is 0. The summed E-state index contributed by atoms with van der Waals surface area (Å²) in [5.74, 6) is 2.89. The number of hydrogen-bond acceptors (Lipinski definition) is 13. The summed E-state index contributed by atoms with van der Waals surface area (Å²) in [6.45, 7) is 4.47. The standard InChI is InChI=1S/C46H54N2O5.C25H23N3O4.C20H32O2.CH4/c1-4-5-6-7-8-9-10-11-12-13-14-15-16-17-18-19-20-21-40(49)34-36-22-28-39(29-23-36)47-44(50)35-43-45(37-24-30-41(51-2)31-25-37)46(48-53-43)38-26-32-42(52-3)33-27-38;1-30-20-11-3-16(4-12-20)24-22(15-23(29)27-19-9-7-18(26)8-10-19)32-28-25(24)17-5-13-21(31-2)14-6-17;1-2-3-4-5-6-7-8-9-10-11-12-13-14-15-16-17-18-19-20(21)22;/h8-9,11-12,14-15,17-18,22-33H,4-7,10,13,16,19-21,34-35H2,1-3H3,(H,47,50);3-14H,15,26H2,1-2H3,(H,27,29);6-7,9-10,12-13,15-16H,2-5,8,11,14,17-19H2,1H3,(H,21,22);1H4/b9-8-,12-11-,15-14-,18-17-;;7-6-,10-9-,13-12-,16-15-;. The van der Waals surface area contributed by atoms with E-state index in [4.69, 9.17) is 38.8 Å². The maximum Gasteiger partial charge on any atom is 0.303 e. The molecule has 0 saturated heterocycles. The largest absolute Gasteiger partial charge is 0.497 e. The number of carbonyl (C=O) groups excluding carboxylic acids is 3. The average Bonchev–Trinajstić information content (AvgIpc) is 1.64. The van der Waals surface area contributed by atoms with Crippen molar-refractivity contribution in [3.05, 3.63) is 260 Å². The van der Waals surface area contributed by atoms with Gasteiger partial charge in [0.1, 0.15) is 40.2 Å². The number of aromatic nitrogens is 2. The number of nitrogens with one attached hydrogen (secondary N) is 2. The molecule has 0 aliphatic heterocycles. The van der Waals surface area contributed by atoms with Crippen molar-refractivity contribution < 1.29 is 52.3 Å². The van der Waals surface area contributed by atoms with Gasteiger partial charge in [0.15, 0.2) is 11.5 Å². The van der Waals surface area contributed by atoms with Crippen LogP contribution >= 0.6 is 0 Å². The summed E-state index contributed by atoms with van der Waals surface area (Å²) in [7, 11) is 6.47. The van der Waals surface area contributed by atoms with Crippen molar-refractivity contribution >= 4 is 40.6 Å². The Bertz CT molecular complexity index is 4120. The number of ketones is 1. The summed E-state index contributed by atoms with van der Waals surface area (Å²) in [5.41, 5.74) is 14.8. The monoisotopic (exact) mass is 1460 g/mol. The number of unbranched alkanes of at least 4 members (excludes halogenated alkanes) is 8. The number of carbonyl (C=O) groups is 4. The van der Waals surface area contributed by atoms with Gasteiger partial charge in [0, 0.05) is 47.5 Å². The highest BCUT2D eigenvalue weighted by Crippen LogP contribution is 2.38. The van der Waals surface area contributed by atoms with Crippen LogP contribution in [0, 0.1) is 0 Å². The minimum atomic E-state index is -0.712. The first-order chi connectivity index (χ1) is 52.3. The second-order valence-electron chi connectivity index (χ2n) is 25.4. The highest BCUT2D eigenvalue weighted by Gasteiger charge is 2.24. The van der Waals surface area contributed by atoms with Crippen molar-refractivity contribution in [1.29, 1.82) is 0 Å². The van der Waals surface area contributed by atoms with Crippen molar-refractivity contribution in [2.75, 3.05) is 44.8 Å². The minimum absolute atomic E-state index is 0. The lowest BCUT2D eigenvalue weighted by Crippen LogP contribution is -2.14. The fourth-order valence-corrected chi connectivity index (χ4v) is 11.1. The SMILES string of the molecule is C.CCCCC/C=C\C/C=C\C/C=C\C/C=C\CCCC(=O)Cc1ccc(NC(=O)Cc2onc(-c3ccc(OC)cc3)c2-c2ccc(OC)cc2)cc1.CCCCC/C=C\C/C=C\C/C=C\C/C=C\CCCC(=O)O.COc1ccc(-c2noc(CC(=O)Nc3ccc(N)cc3)c2-c2ccc(OC)cc2)cc1. The summed E-state index contributed by atoms with van der Waals surface area (Å²) in [5, 5.41) is 23.0. The Balaban J connectivity index is 0.000000322. The fourth-order valence-electron chi connectivity index (χ4n) is 11.1. The molecule has 16 heteroatoms. The van der Waals surface area contributed by atoms with Gasteiger partial charge < -0.3 is 49.5 Å².